The molecule has 0 radical (unpaired) electrons. The van der Waals surface area contributed by atoms with E-state index in [-0.39, 0.29) is 5.91 Å². The van der Waals surface area contributed by atoms with Crippen LogP contribution in [0.5, 0.6) is 0 Å². The van der Waals surface area contributed by atoms with E-state index < -0.39 is 0 Å². The van der Waals surface area contributed by atoms with Crippen molar-refractivity contribution in [1.29, 1.82) is 0 Å². The van der Waals surface area contributed by atoms with Gasteiger partial charge < -0.3 is 10.6 Å². The highest BCUT2D eigenvalue weighted by Crippen LogP contribution is 2.23. The van der Waals surface area contributed by atoms with Crippen LogP contribution < -0.4 is 10.6 Å². The number of nitrogens with one attached hydrogen (secondary N) is 2. The zero-order valence-corrected chi connectivity index (χ0v) is 14.3. The molecule has 100 valence electrons. The second-order valence-electron chi connectivity index (χ2n) is 4.38. The molecule has 0 spiro atoms. The van der Waals surface area contributed by atoms with Crippen LogP contribution in [0, 0.1) is 3.57 Å². The van der Waals surface area contributed by atoms with Gasteiger partial charge in [0.25, 0.3) is 0 Å². The molecule has 1 rings (SSSR count). The van der Waals surface area contributed by atoms with E-state index in [0.29, 0.717) is 12.5 Å². The summed E-state index contributed by atoms with van der Waals surface area (Å²) in [5.41, 5.74) is 0.867. The van der Waals surface area contributed by atoms with Gasteiger partial charge in [-0.1, -0.05) is 29.8 Å². The summed E-state index contributed by atoms with van der Waals surface area (Å²) in [5, 5.41) is 6.23. The molecule has 0 saturated carbocycles. The Morgan fingerprint density at radius 3 is 2.83 bits per heavy atom. The largest absolute Gasteiger partial charge is 0.325 e. The molecule has 2 N–H and O–H groups in total. The predicted molar refractivity (Wildman–Crippen MR) is 87.9 cm³/mol. The molecule has 3 nitrogen and oxygen atoms in total. The highest BCUT2D eigenvalue weighted by Gasteiger charge is 2.06. The van der Waals surface area contributed by atoms with E-state index in [0.717, 1.165) is 26.7 Å². The Balaban J connectivity index is 2.38. The fourth-order valence-electron chi connectivity index (χ4n) is 1.45. The average molecular weight is 425 g/mol. The van der Waals surface area contributed by atoms with Crippen LogP contribution in [0.3, 0.4) is 0 Å². The Labute approximate surface area is 130 Å². The fraction of sp³-hybridized carbons (Fsp3) is 0.462. The quantitative estimate of drug-likeness (QED) is 0.539. The maximum atomic E-state index is 11.8. The van der Waals surface area contributed by atoms with Gasteiger partial charge in [0.15, 0.2) is 0 Å². The number of carbonyl (C=O) groups is 1. The molecule has 0 bridgehead atoms. The number of benzene rings is 1. The van der Waals surface area contributed by atoms with Crippen molar-refractivity contribution in [2.24, 2.45) is 0 Å². The number of rotatable bonds is 6. The third-order valence-corrected chi connectivity index (χ3v) is 3.77. The first-order valence-electron chi connectivity index (χ1n) is 5.97. The van der Waals surface area contributed by atoms with Crippen molar-refractivity contribution in [3.63, 3.8) is 0 Å². The number of anilines is 1. The molecule has 18 heavy (non-hydrogen) atoms. The summed E-state index contributed by atoms with van der Waals surface area (Å²) in [4.78, 5) is 11.8. The van der Waals surface area contributed by atoms with E-state index in [2.05, 4.69) is 63.0 Å². The molecule has 0 aliphatic rings. The molecule has 0 aliphatic heterocycles. The van der Waals surface area contributed by atoms with E-state index in [4.69, 9.17) is 0 Å². The molecule has 0 aliphatic carbocycles. The molecule has 5 heteroatoms. The summed E-state index contributed by atoms with van der Waals surface area (Å²) in [7, 11) is 0. The molecule has 1 aromatic carbocycles. The van der Waals surface area contributed by atoms with Crippen LogP contribution in [0.1, 0.15) is 26.7 Å². The third kappa shape index (κ3) is 6.15. The van der Waals surface area contributed by atoms with Gasteiger partial charge >= 0.3 is 0 Å². The Hall–Kier alpha value is -0.140. The minimum absolute atomic E-state index is 0.0663. The van der Waals surface area contributed by atoms with Gasteiger partial charge in [0.2, 0.25) is 5.91 Å². The SMILES string of the molecule is CC(C)NCCCC(=O)Nc1cc(Br)ccc1I. The van der Waals surface area contributed by atoms with Crippen molar-refractivity contribution in [1.82, 2.24) is 5.32 Å². The summed E-state index contributed by atoms with van der Waals surface area (Å²) in [6, 6.07) is 6.33. The molecule has 0 saturated heterocycles. The first-order chi connectivity index (χ1) is 8.49. The average Bonchev–Trinajstić information content (AvgIpc) is 2.29. The first kappa shape index (κ1) is 15.9. The van der Waals surface area contributed by atoms with Crippen molar-refractivity contribution in [2.45, 2.75) is 32.7 Å². The predicted octanol–water partition coefficient (Wildman–Crippen LogP) is 3.77. The van der Waals surface area contributed by atoms with Gasteiger partial charge in [0.1, 0.15) is 0 Å². The van der Waals surface area contributed by atoms with Crippen molar-refractivity contribution in [3.8, 4) is 0 Å². The summed E-state index contributed by atoms with van der Waals surface area (Å²) in [6.45, 7) is 5.08. The van der Waals surface area contributed by atoms with Gasteiger partial charge in [0, 0.05) is 20.5 Å². The van der Waals surface area contributed by atoms with Gasteiger partial charge in [-0.25, -0.2) is 0 Å². The molecule has 0 fully saturated rings. The standard InChI is InChI=1S/C13H18BrIN2O/c1-9(2)16-7-3-4-13(18)17-12-8-10(14)5-6-11(12)15/h5-6,8-9,16H,3-4,7H2,1-2H3,(H,17,18). The van der Waals surface area contributed by atoms with E-state index in [1.165, 1.54) is 0 Å². The lowest BCUT2D eigenvalue weighted by Crippen LogP contribution is -2.24. The zero-order chi connectivity index (χ0) is 13.5. The number of halogens is 2. The lowest BCUT2D eigenvalue weighted by Gasteiger charge is -2.09. The highest BCUT2D eigenvalue weighted by atomic mass is 127. The second-order valence-corrected chi connectivity index (χ2v) is 6.46. The van der Waals surface area contributed by atoms with Crippen LogP contribution in [-0.4, -0.2) is 18.5 Å². The smallest absolute Gasteiger partial charge is 0.224 e. The van der Waals surface area contributed by atoms with Gasteiger partial charge in [-0.2, -0.15) is 0 Å². The number of amides is 1. The molecular weight excluding hydrogens is 407 g/mol. The van der Waals surface area contributed by atoms with E-state index in [1.54, 1.807) is 0 Å². The van der Waals surface area contributed by atoms with Gasteiger partial charge in [-0.3, -0.25) is 4.79 Å². The van der Waals surface area contributed by atoms with Crippen molar-refractivity contribution >= 4 is 50.1 Å². The van der Waals surface area contributed by atoms with E-state index >= 15 is 0 Å². The van der Waals surface area contributed by atoms with Crippen LogP contribution in [-0.2, 0) is 4.79 Å². The van der Waals surface area contributed by atoms with Gasteiger partial charge in [-0.05, 0) is 53.8 Å². The molecule has 0 unspecified atom stereocenters. The summed E-state index contributed by atoms with van der Waals surface area (Å²) < 4.78 is 2.02. The minimum Gasteiger partial charge on any atom is -0.325 e. The Bertz CT molecular complexity index is 410. The molecule has 1 amide bonds. The first-order valence-corrected chi connectivity index (χ1v) is 7.84. The lowest BCUT2D eigenvalue weighted by molar-refractivity contribution is -0.116. The molecule has 0 atom stereocenters. The maximum Gasteiger partial charge on any atom is 0.224 e. The van der Waals surface area contributed by atoms with Crippen LogP contribution in [0.25, 0.3) is 0 Å². The second kappa shape index (κ2) is 8.12. The summed E-state index contributed by atoms with van der Waals surface area (Å²) >= 11 is 5.62. The van der Waals surface area contributed by atoms with Crippen molar-refractivity contribution < 1.29 is 4.79 Å². The molecule has 0 heterocycles. The summed E-state index contributed by atoms with van der Waals surface area (Å²) in [5.74, 6) is 0.0663. The number of carbonyl (C=O) groups excluding carboxylic acids is 1. The van der Waals surface area contributed by atoms with Crippen LogP contribution in [0.4, 0.5) is 5.69 Å². The Morgan fingerprint density at radius 1 is 1.44 bits per heavy atom. The lowest BCUT2D eigenvalue weighted by atomic mass is 10.2. The van der Waals surface area contributed by atoms with Gasteiger partial charge in [-0.15, -0.1) is 0 Å². The van der Waals surface area contributed by atoms with E-state index in [1.807, 2.05) is 18.2 Å². The van der Waals surface area contributed by atoms with Crippen molar-refractivity contribution in [2.75, 3.05) is 11.9 Å². The Morgan fingerprint density at radius 2 is 2.17 bits per heavy atom. The highest BCUT2D eigenvalue weighted by molar-refractivity contribution is 14.1. The normalized spacial score (nSPS) is 10.7. The number of hydrogen-bond donors (Lipinski definition) is 2. The third-order valence-electron chi connectivity index (χ3n) is 2.34. The fourth-order valence-corrected chi connectivity index (χ4v) is 2.28. The molecule has 1 aromatic rings. The zero-order valence-electron chi connectivity index (χ0n) is 10.6. The molecular formula is C13H18BrIN2O. The van der Waals surface area contributed by atoms with Gasteiger partial charge in [0.05, 0.1) is 5.69 Å². The van der Waals surface area contributed by atoms with Crippen LogP contribution in [0.15, 0.2) is 22.7 Å². The topological polar surface area (TPSA) is 41.1 Å². The molecule has 0 aromatic heterocycles. The monoisotopic (exact) mass is 424 g/mol. The van der Waals surface area contributed by atoms with Crippen LogP contribution >= 0.6 is 38.5 Å². The van der Waals surface area contributed by atoms with Crippen LogP contribution in [0.2, 0.25) is 0 Å². The van der Waals surface area contributed by atoms with E-state index in [9.17, 15) is 4.79 Å². The minimum atomic E-state index is 0.0663. The maximum absolute atomic E-state index is 11.8. The number of hydrogen-bond acceptors (Lipinski definition) is 2. The van der Waals surface area contributed by atoms with Crippen molar-refractivity contribution in [3.05, 3.63) is 26.2 Å². The Kier molecular flexibility index (Phi) is 7.18. The summed E-state index contributed by atoms with van der Waals surface area (Å²) in [6.07, 6.45) is 1.40.